The Hall–Kier alpha value is -4.01. The number of nitrogens with zero attached hydrogens (tertiary/aromatic N) is 6. The van der Waals surface area contributed by atoms with Crippen LogP contribution in [0, 0.1) is 0 Å². The van der Waals surface area contributed by atoms with E-state index in [0.29, 0.717) is 41.8 Å². The van der Waals surface area contributed by atoms with E-state index in [9.17, 15) is 4.79 Å². The first-order valence-corrected chi connectivity index (χ1v) is 9.96. The highest BCUT2D eigenvalue weighted by molar-refractivity contribution is 5.94. The van der Waals surface area contributed by atoms with E-state index >= 15 is 0 Å². The number of methoxy groups -OCH3 is 1. The van der Waals surface area contributed by atoms with Crippen molar-refractivity contribution < 1.29 is 14.1 Å². The highest BCUT2D eigenvalue weighted by Crippen LogP contribution is 2.26. The van der Waals surface area contributed by atoms with Crippen molar-refractivity contribution in [3.05, 3.63) is 66.4 Å². The standard InChI is InChI=1S/C22H20N6O3/c1-30-18-9-5-8-16(12-18)22(29)27-11-10-17(13-27)28-14-19(24-26-28)21-23-20(25-31-21)15-6-3-2-4-7-15/h2-9,12,14,17H,10-11,13H2,1H3. The number of carbonyl (C=O) groups is 1. The second-order valence-electron chi connectivity index (χ2n) is 7.30. The summed E-state index contributed by atoms with van der Waals surface area (Å²) in [5, 5.41) is 12.4. The smallest absolute Gasteiger partial charge is 0.280 e. The third kappa shape index (κ3) is 3.77. The molecule has 1 aliphatic rings. The molecule has 9 nitrogen and oxygen atoms in total. The van der Waals surface area contributed by atoms with Crippen molar-refractivity contribution in [2.75, 3.05) is 20.2 Å². The van der Waals surface area contributed by atoms with Crippen molar-refractivity contribution in [3.8, 4) is 28.7 Å². The van der Waals surface area contributed by atoms with Crippen molar-refractivity contribution in [2.45, 2.75) is 12.5 Å². The van der Waals surface area contributed by atoms with Crippen LogP contribution in [0.25, 0.3) is 23.0 Å². The van der Waals surface area contributed by atoms with Crippen LogP contribution in [0.5, 0.6) is 5.75 Å². The fourth-order valence-corrected chi connectivity index (χ4v) is 3.67. The van der Waals surface area contributed by atoms with Gasteiger partial charge in [0.2, 0.25) is 5.82 Å². The van der Waals surface area contributed by atoms with Crippen molar-refractivity contribution >= 4 is 5.91 Å². The van der Waals surface area contributed by atoms with Crippen molar-refractivity contribution in [2.24, 2.45) is 0 Å². The maximum atomic E-state index is 12.8. The van der Waals surface area contributed by atoms with Gasteiger partial charge in [-0.15, -0.1) is 5.10 Å². The summed E-state index contributed by atoms with van der Waals surface area (Å²) in [7, 11) is 1.59. The molecule has 5 rings (SSSR count). The minimum absolute atomic E-state index is 0.0221. The molecule has 1 saturated heterocycles. The number of carbonyl (C=O) groups excluding carboxylic acids is 1. The number of hydrogen-bond acceptors (Lipinski definition) is 7. The van der Waals surface area contributed by atoms with Crippen LogP contribution in [0.1, 0.15) is 22.8 Å². The van der Waals surface area contributed by atoms with Crippen molar-refractivity contribution in [3.63, 3.8) is 0 Å². The summed E-state index contributed by atoms with van der Waals surface area (Å²) in [6.45, 7) is 1.20. The molecule has 0 radical (unpaired) electrons. The quantitative estimate of drug-likeness (QED) is 0.493. The molecule has 1 amide bonds. The van der Waals surface area contributed by atoms with E-state index in [1.165, 1.54) is 0 Å². The monoisotopic (exact) mass is 416 g/mol. The van der Waals surface area contributed by atoms with Gasteiger partial charge in [-0.25, -0.2) is 4.68 Å². The van der Waals surface area contributed by atoms with E-state index in [2.05, 4.69) is 20.5 Å². The molecule has 0 bridgehead atoms. The van der Waals surface area contributed by atoms with E-state index in [1.807, 2.05) is 47.4 Å². The molecule has 0 saturated carbocycles. The fourth-order valence-electron chi connectivity index (χ4n) is 3.67. The Labute approximate surface area is 178 Å². The van der Waals surface area contributed by atoms with Crippen molar-refractivity contribution in [1.82, 2.24) is 30.0 Å². The van der Waals surface area contributed by atoms with E-state index in [1.54, 1.807) is 30.1 Å². The normalized spacial score (nSPS) is 15.9. The van der Waals surface area contributed by atoms with Gasteiger partial charge in [0.15, 0.2) is 5.69 Å². The Balaban J connectivity index is 1.29. The third-order valence-corrected chi connectivity index (χ3v) is 5.33. The van der Waals surface area contributed by atoms with E-state index in [0.717, 1.165) is 12.0 Å². The van der Waals surface area contributed by atoms with Gasteiger partial charge >= 0.3 is 0 Å². The van der Waals surface area contributed by atoms with Gasteiger partial charge < -0.3 is 14.2 Å². The van der Waals surface area contributed by atoms with Gasteiger partial charge in [0.05, 0.1) is 19.3 Å². The largest absolute Gasteiger partial charge is 0.497 e. The Morgan fingerprint density at radius 2 is 2.03 bits per heavy atom. The number of aromatic nitrogens is 5. The Morgan fingerprint density at radius 1 is 1.16 bits per heavy atom. The number of hydrogen-bond donors (Lipinski definition) is 0. The van der Waals surface area contributed by atoms with Crippen LogP contribution in [0.3, 0.4) is 0 Å². The molecule has 1 fully saturated rings. The number of rotatable bonds is 5. The molecule has 1 aliphatic heterocycles. The Bertz CT molecular complexity index is 1200. The van der Waals surface area contributed by atoms with Crippen LogP contribution in [0.15, 0.2) is 65.3 Å². The minimum atomic E-state index is -0.0221. The van der Waals surface area contributed by atoms with Crippen LogP contribution >= 0.6 is 0 Å². The number of ether oxygens (including phenoxy) is 1. The zero-order valence-electron chi connectivity index (χ0n) is 16.9. The van der Waals surface area contributed by atoms with Crippen LogP contribution in [-0.2, 0) is 0 Å². The summed E-state index contributed by atoms with van der Waals surface area (Å²) >= 11 is 0. The lowest BCUT2D eigenvalue weighted by molar-refractivity contribution is 0.0786. The lowest BCUT2D eigenvalue weighted by atomic mass is 10.2. The average Bonchev–Trinajstić information content (AvgIpc) is 3.59. The summed E-state index contributed by atoms with van der Waals surface area (Å²) in [5.41, 5.74) is 1.98. The second kappa shape index (κ2) is 8.02. The highest BCUT2D eigenvalue weighted by Gasteiger charge is 2.29. The Kier molecular flexibility index (Phi) is 4.91. The molecule has 1 atom stereocenters. The summed E-state index contributed by atoms with van der Waals surface area (Å²) in [4.78, 5) is 19.1. The van der Waals surface area contributed by atoms with E-state index in [-0.39, 0.29) is 11.9 Å². The van der Waals surface area contributed by atoms with Gasteiger partial charge in [0.25, 0.3) is 11.8 Å². The van der Waals surface area contributed by atoms with Crippen LogP contribution in [0.4, 0.5) is 0 Å². The molecule has 0 N–H and O–H groups in total. The molecular weight excluding hydrogens is 396 g/mol. The third-order valence-electron chi connectivity index (χ3n) is 5.33. The first-order chi connectivity index (χ1) is 15.2. The first kappa shape index (κ1) is 19.0. The van der Waals surface area contributed by atoms with Gasteiger partial charge in [0.1, 0.15) is 5.75 Å². The summed E-state index contributed by atoms with van der Waals surface area (Å²) in [6.07, 6.45) is 2.57. The van der Waals surface area contributed by atoms with Crippen LogP contribution in [0.2, 0.25) is 0 Å². The lowest BCUT2D eigenvalue weighted by Crippen LogP contribution is -2.29. The highest BCUT2D eigenvalue weighted by atomic mass is 16.5. The summed E-state index contributed by atoms with van der Waals surface area (Å²) < 4.78 is 12.4. The zero-order valence-corrected chi connectivity index (χ0v) is 16.9. The summed E-state index contributed by atoms with van der Waals surface area (Å²) in [6, 6.07) is 16.8. The van der Waals surface area contributed by atoms with Gasteiger partial charge in [0, 0.05) is 24.2 Å². The molecule has 1 unspecified atom stereocenters. The molecule has 3 heterocycles. The first-order valence-electron chi connectivity index (χ1n) is 9.96. The number of likely N-dealkylation sites (tertiary alicyclic amines) is 1. The van der Waals surface area contributed by atoms with E-state index < -0.39 is 0 Å². The van der Waals surface area contributed by atoms with Gasteiger partial charge in [-0.1, -0.05) is 46.8 Å². The number of benzene rings is 2. The lowest BCUT2D eigenvalue weighted by Gasteiger charge is -2.17. The van der Waals surface area contributed by atoms with E-state index in [4.69, 9.17) is 9.26 Å². The summed E-state index contributed by atoms with van der Waals surface area (Å²) in [5.74, 6) is 1.46. The number of amides is 1. The second-order valence-corrected chi connectivity index (χ2v) is 7.30. The Morgan fingerprint density at radius 3 is 2.87 bits per heavy atom. The SMILES string of the molecule is COc1cccc(C(=O)N2CCC(n3cc(-c4nc(-c5ccccc5)no4)nn3)C2)c1. The van der Waals surface area contributed by atoms with Gasteiger partial charge in [-0.05, 0) is 24.6 Å². The van der Waals surface area contributed by atoms with Crippen LogP contribution in [-0.4, -0.2) is 56.1 Å². The molecule has 0 spiro atoms. The van der Waals surface area contributed by atoms with Gasteiger partial charge in [-0.2, -0.15) is 4.98 Å². The average molecular weight is 416 g/mol. The maximum absolute atomic E-state index is 12.8. The predicted molar refractivity (Wildman–Crippen MR) is 111 cm³/mol. The molecule has 4 aromatic rings. The molecular formula is C22H20N6O3. The zero-order chi connectivity index (χ0) is 21.2. The topological polar surface area (TPSA) is 99.2 Å². The van der Waals surface area contributed by atoms with Crippen LogP contribution < -0.4 is 4.74 Å². The maximum Gasteiger partial charge on any atom is 0.280 e. The van der Waals surface area contributed by atoms with Gasteiger partial charge in [-0.3, -0.25) is 4.79 Å². The molecule has 31 heavy (non-hydrogen) atoms. The molecule has 2 aromatic carbocycles. The minimum Gasteiger partial charge on any atom is -0.497 e. The molecule has 0 aliphatic carbocycles. The van der Waals surface area contributed by atoms with Crippen molar-refractivity contribution in [1.29, 1.82) is 0 Å². The predicted octanol–water partition coefficient (Wildman–Crippen LogP) is 3.09. The molecule has 156 valence electrons. The molecule has 2 aromatic heterocycles. The fraction of sp³-hybridized carbons (Fsp3) is 0.227. The molecule has 9 heteroatoms.